The molecule has 1 rings (SSSR count). The Balaban J connectivity index is 2.64. The van der Waals surface area contributed by atoms with Gasteiger partial charge in [0.25, 0.3) is 0 Å². The van der Waals surface area contributed by atoms with Crippen LogP contribution in [0.4, 0.5) is 13.2 Å². The van der Waals surface area contributed by atoms with Gasteiger partial charge in [-0.3, -0.25) is 0 Å². The van der Waals surface area contributed by atoms with Gasteiger partial charge in [-0.15, -0.1) is 0 Å². The van der Waals surface area contributed by atoms with E-state index in [9.17, 15) is 13.2 Å². The lowest BCUT2D eigenvalue weighted by Gasteiger charge is -2.17. The molecule has 1 atom stereocenters. The standard InChI is InChI=1S/C11H12BrF3O/c1-8-2-4-9(5-3-8)10(6-12)16-7-11(13,14)15/h2-5,10H,6-7H2,1H3. The van der Waals surface area contributed by atoms with Gasteiger partial charge in [-0.1, -0.05) is 45.8 Å². The highest BCUT2D eigenvalue weighted by Gasteiger charge is 2.29. The summed E-state index contributed by atoms with van der Waals surface area (Å²) in [7, 11) is 0. The van der Waals surface area contributed by atoms with E-state index in [2.05, 4.69) is 15.9 Å². The molecule has 0 saturated heterocycles. The molecule has 0 aromatic heterocycles. The Bertz CT molecular complexity index is 321. The van der Waals surface area contributed by atoms with Crippen molar-refractivity contribution in [2.24, 2.45) is 0 Å². The van der Waals surface area contributed by atoms with Gasteiger partial charge in [0, 0.05) is 5.33 Å². The second-order valence-corrected chi connectivity index (χ2v) is 4.13. The molecule has 1 aromatic rings. The summed E-state index contributed by atoms with van der Waals surface area (Å²) in [5.74, 6) is 0. The van der Waals surface area contributed by atoms with Gasteiger partial charge < -0.3 is 4.74 Å². The summed E-state index contributed by atoms with van der Waals surface area (Å²) < 4.78 is 40.8. The SMILES string of the molecule is Cc1ccc(C(CBr)OCC(F)(F)F)cc1. The highest BCUT2D eigenvalue weighted by Crippen LogP contribution is 2.24. The summed E-state index contributed by atoms with van der Waals surface area (Å²) in [6.07, 6.45) is -4.85. The molecule has 0 saturated carbocycles. The lowest BCUT2D eigenvalue weighted by atomic mass is 10.1. The highest BCUT2D eigenvalue weighted by molar-refractivity contribution is 9.09. The molecule has 0 bridgehead atoms. The van der Waals surface area contributed by atoms with E-state index >= 15 is 0 Å². The second kappa shape index (κ2) is 5.68. The number of aryl methyl sites for hydroxylation is 1. The van der Waals surface area contributed by atoms with Crippen molar-refractivity contribution in [2.75, 3.05) is 11.9 Å². The molecule has 0 aliphatic heterocycles. The first-order chi connectivity index (χ1) is 7.42. The lowest BCUT2D eigenvalue weighted by Crippen LogP contribution is -2.20. The molecule has 1 aromatic carbocycles. The van der Waals surface area contributed by atoms with Crippen molar-refractivity contribution in [3.05, 3.63) is 35.4 Å². The van der Waals surface area contributed by atoms with Gasteiger partial charge in [-0.05, 0) is 12.5 Å². The molecule has 16 heavy (non-hydrogen) atoms. The van der Waals surface area contributed by atoms with E-state index in [4.69, 9.17) is 4.74 Å². The van der Waals surface area contributed by atoms with Crippen LogP contribution in [0.1, 0.15) is 17.2 Å². The molecule has 5 heteroatoms. The summed E-state index contributed by atoms with van der Waals surface area (Å²) in [5, 5.41) is 0.339. The van der Waals surface area contributed by atoms with Crippen molar-refractivity contribution in [2.45, 2.75) is 19.2 Å². The van der Waals surface area contributed by atoms with Crippen LogP contribution >= 0.6 is 15.9 Å². The third-order valence-electron chi connectivity index (χ3n) is 2.04. The van der Waals surface area contributed by atoms with Gasteiger partial charge in [0.15, 0.2) is 0 Å². The first kappa shape index (κ1) is 13.5. The van der Waals surface area contributed by atoms with Crippen LogP contribution in [0.25, 0.3) is 0 Å². The quantitative estimate of drug-likeness (QED) is 0.763. The molecular formula is C11H12BrF3O. The van der Waals surface area contributed by atoms with E-state index in [1.54, 1.807) is 12.1 Å². The zero-order chi connectivity index (χ0) is 12.2. The number of hydrogen-bond acceptors (Lipinski definition) is 1. The number of rotatable bonds is 4. The largest absolute Gasteiger partial charge is 0.411 e. The Morgan fingerprint density at radius 2 is 1.81 bits per heavy atom. The van der Waals surface area contributed by atoms with E-state index in [1.165, 1.54) is 0 Å². The van der Waals surface area contributed by atoms with Gasteiger partial charge in [0.2, 0.25) is 0 Å². The van der Waals surface area contributed by atoms with Gasteiger partial charge in [0.1, 0.15) is 6.61 Å². The zero-order valence-electron chi connectivity index (χ0n) is 8.72. The van der Waals surface area contributed by atoms with E-state index in [1.807, 2.05) is 19.1 Å². The number of hydrogen-bond donors (Lipinski definition) is 0. The first-order valence-corrected chi connectivity index (χ1v) is 5.85. The van der Waals surface area contributed by atoms with Crippen molar-refractivity contribution in [3.63, 3.8) is 0 Å². The predicted molar refractivity (Wildman–Crippen MR) is 59.7 cm³/mol. The Morgan fingerprint density at radius 1 is 1.25 bits per heavy atom. The van der Waals surface area contributed by atoms with Crippen molar-refractivity contribution in [3.8, 4) is 0 Å². The summed E-state index contributed by atoms with van der Waals surface area (Å²) in [6, 6.07) is 7.25. The van der Waals surface area contributed by atoms with E-state index in [0.717, 1.165) is 11.1 Å². The molecule has 1 nitrogen and oxygen atoms in total. The number of benzene rings is 1. The average Bonchev–Trinajstić information content (AvgIpc) is 2.20. The van der Waals surface area contributed by atoms with E-state index in [-0.39, 0.29) is 0 Å². The van der Waals surface area contributed by atoms with Crippen LogP contribution in [0, 0.1) is 6.92 Å². The first-order valence-electron chi connectivity index (χ1n) is 4.73. The van der Waals surface area contributed by atoms with Crippen LogP contribution < -0.4 is 0 Å². The maximum atomic E-state index is 12.0. The maximum Gasteiger partial charge on any atom is 0.411 e. The second-order valence-electron chi connectivity index (χ2n) is 3.48. The Morgan fingerprint density at radius 3 is 2.25 bits per heavy atom. The minimum atomic E-state index is -4.29. The molecule has 0 amide bonds. The van der Waals surface area contributed by atoms with Crippen LogP contribution in [0.3, 0.4) is 0 Å². The molecule has 0 spiro atoms. The van der Waals surface area contributed by atoms with E-state index < -0.39 is 18.9 Å². The van der Waals surface area contributed by atoms with E-state index in [0.29, 0.717) is 5.33 Å². The molecule has 0 N–H and O–H groups in total. The van der Waals surface area contributed by atoms with Crippen LogP contribution in [0.5, 0.6) is 0 Å². The van der Waals surface area contributed by atoms with Crippen LogP contribution in [-0.4, -0.2) is 18.1 Å². The van der Waals surface area contributed by atoms with Crippen LogP contribution in [0.15, 0.2) is 24.3 Å². The van der Waals surface area contributed by atoms with Crippen molar-refractivity contribution < 1.29 is 17.9 Å². The molecule has 1 unspecified atom stereocenters. The predicted octanol–water partition coefficient (Wildman–Crippen LogP) is 4.01. The third kappa shape index (κ3) is 4.53. The number of alkyl halides is 4. The zero-order valence-corrected chi connectivity index (χ0v) is 10.3. The van der Waals surface area contributed by atoms with Crippen molar-refractivity contribution in [1.82, 2.24) is 0 Å². The van der Waals surface area contributed by atoms with Gasteiger partial charge in [-0.2, -0.15) is 13.2 Å². The minimum Gasteiger partial charge on any atom is -0.363 e. The van der Waals surface area contributed by atoms with Crippen LogP contribution in [0.2, 0.25) is 0 Å². The molecule has 0 fully saturated rings. The fourth-order valence-electron chi connectivity index (χ4n) is 1.21. The summed E-state index contributed by atoms with van der Waals surface area (Å²) >= 11 is 3.15. The molecule has 90 valence electrons. The van der Waals surface area contributed by atoms with Crippen molar-refractivity contribution >= 4 is 15.9 Å². The van der Waals surface area contributed by atoms with Crippen molar-refractivity contribution in [1.29, 1.82) is 0 Å². The fraction of sp³-hybridized carbons (Fsp3) is 0.455. The van der Waals surface area contributed by atoms with Crippen LogP contribution in [-0.2, 0) is 4.74 Å². The highest BCUT2D eigenvalue weighted by atomic mass is 79.9. The van der Waals surface area contributed by atoms with Gasteiger partial charge in [-0.25, -0.2) is 0 Å². The smallest absolute Gasteiger partial charge is 0.363 e. The minimum absolute atomic E-state index is 0.339. The normalized spacial score (nSPS) is 13.8. The summed E-state index contributed by atoms with van der Waals surface area (Å²) in [5.41, 5.74) is 1.81. The third-order valence-corrected chi connectivity index (χ3v) is 2.63. The Kier molecular flexibility index (Phi) is 4.80. The summed E-state index contributed by atoms with van der Waals surface area (Å²) in [6.45, 7) is 0.695. The molecule has 0 aliphatic rings. The summed E-state index contributed by atoms with van der Waals surface area (Å²) in [4.78, 5) is 0. The maximum absolute atomic E-state index is 12.0. The molecule has 0 radical (unpaired) electrons. The monoisotopic (exact) mass is 296 g/mol. The number of ether oxygens (including phenoxy) is 1. The van der Waals surface area contributed by atoms with Gasteiger partial charge in [0.05, 0.1) is 6.10 Å². The fourth-order valence-corrected chi connectivity index (χ4v) is 1.77. The molecular weight excluding hydrogens is 285 g/mol. The average molecular weight is 297 g/mol. The Hall–Kier alpha value is -0.550. The van der Waals surface area contributed by atoms with Gasteiger partial charge >= 0.3 is 6.18 Å². The topological polar surface area (TPSA) is 9.23 Å². The molecule has 0 aliphatic carbocycles. The number of halogens is 4. The molecule has 0 heterocycles. The lowest BCUT2D eigenvalue weighted by molar-refractivity contribution is -0.183. The Labute approximate surface area is 101 Å².